The highest BCUT2D eigenvalue weighted by Gasteiger charge is 2.26. The van der Waals surface area contributed by atoms with Crippen LogP contribution < -0.4 is 9.62 Å². The normalized spacial score (nSPS) is 11.4. The summed E-state index contributed by atoms with van der Waals surface area (Å²) >= 11 is 6.05. The first-order chi connectivity index (χ1) is 21.8. The Bertz CT molecular complexity index is 2080. The topological polar surface area (TPSA) is 124 Å². The van der Waals surface area contributed by atoms with E-state index in [0.717, 1.165) is 44.7 Å². The number of fused-ring (bicyclic) bond motifs is 1. The zero-order chi connectivity index (χ0) is 33.2. The van der Waals surface area contributed by atoms with Crippen molar-refractivity contribution in [3.63, 3.8) is 0 Å². The molecule has 5 aromatic carbocycles. The Morgan fingerprint density at radius 2 is 1.50 bits per heavy atom. The van der Waals surface area contributed by atoms with Gasteiger partial charge >= 0.3 is 5.97 Å². The van der Waals surface area contributed by atoms with Crippen LogP contribution in [0.4, 0.5) is 11.4 Å². The van der Waals surface area contributed by atoms with Gasteiger partial charge in [0.2, 0.25) is 15.9 Å². The summed E-state index contributed by atoms with van der Waals surface area (Å²) in [6, 6.07) is 26.4. The smallest absolute Gasteiger partial charge is 0.339 e. The molecule has 0 aliphatic rings. The molecule has 0 atom stereocenters. The highest BCUT2D eigenvalue weighted by Crippen LogP contribution is 2.31. The van der Waals surface area contributed by atoms with Gasteiger partial charge in [-0.1, -0.05) is 66.2 Å². The van der Waals surface area contributed by atoms with E-state index in [0.29, 0.717) is 22.7 Å². The fourth-order valence-electron chi connectivity index (χ4n) is 5.61. The molecule has 5 aromatic rings. The number of aromatic hydroxyl groups is 1. The summed E-state index contributed by atoms with van der Waals surface area (Å²) in [5.74, 6) is -3.52. The van der Waals surface area contributed by atoms with Gasteiger partial charge in [-0.15, -0.1) is 0 Å². The van der Waals surface area contributed by atoms with Crippen LogP contribution in [0.2, 0.25) is 5.02 Å². The van der Waals surface area contributed by atoms with Crippen LogP contribution in [0, 0.1) is 20.8 Å². The Balaban J connectivity index is 1.45. The quantitative estimate of drug-likeness (QED) is 0.144. The molecule has 0 saturated heterocycles. The van der Waals surface area contributed by atoms with Crippen molar-refractivity contribution in [2.75, 3.05) is 15.4 Å². The molecule has 0 bridgehead atoms. The molecule has 0 spiro atoms. The van der Waals surface area contributed by atoms with Crippen molar-refractivity contribution >= 4 is 55.6 Å². The number of hydrogen-bond acceptors (Lipinski definition) is 5. The van der Waals surface area contributed by atoms with Gasteiger partial charge in [-0.05, 0) is 102 Å². The molecule has 5 rings (SSSR count). The number of amides is 1. The predicted octanol–water partition coefficient (Wildman–Crippen LogP) is 7.39. The van der Waals surface area contributed by atoms with Gasteiger partial charge in [0.1, 0.15) is 17.1 Å². The lowest BCUT2D eigenvalue weighted by molar-refractivity contribution is -0.116. The first kappa shape index (κ1) is 32.5. The van der Waals surface area contributed by atoms with Crippen molar-refractivity contribution in [3.8, 4) is 5.75 Å². The number of nitrogens with zero attached hydrogens (tertiary/aromatic N) is 1. The Labute approximate surface area is 272 Å². The number of rotatable bonds is 10. The van der Waals surface area contributed by atoms with Gasteiger partial charge in [0.25, 0.3) is 0 Å². The van der Waals surface area contributed by atoms with Crippen molar-refractivity contribution in [3.05, 3.63) is 135 Å². The Morgan fingerprint density at radius 1 is 0.826 bits per heavy atom. The fourth-order valence-corrected chi connectivity index (χ4v) is 6.91. The summed E-state index contributed by atoms with van der Waals surface area (Å²) in [7, 11) is -4.21. The lowest BCUT2D eigenvalue weighted by Gasteiger charge is -2.24. The van der Waals surface area contributed by atoms with E-state index in [4.69, 9.17) is 11.6 Å². The highest BCUT2D eigenvalue weighted by molar-refractivity contribution is 7.93. The van der Waals surface area contributed by atoms with Crippen molar-refractivity contribution in [1.82, 2.24) is 0 Å². The molecule has 236 valence electrons. The third-order valence-corrected chi connectivity index (χ3v) is 9.37. The van der Waals surface area contributed by atoms with Crippen LogP contribution in [0.5, 0.6) is 5.75 Å². The predicted molar refractivity (Wildman–Crippen MR) is 183 cm³/mol. The number of anilines is 2. The van der Waals surface area contributed by atoms with Crippen LogP contribution >= 0.6 is 11.6 Å². The molecule has 0 saturated carbocycles. The van der Waals surface area contributed by atoms with E-state index < -0.39 is 33.4 Å². The number of benzene rings is 5. The molecule has 10 heteroatoms. The minimum atomic E-state index is -4.21. The molecule has 0 unspecified atom stereocenters. The number of carboxylic acids is 1. The lowest BCUT2D eigenvalue weighted by Crippen LogP contribution is -2.37. The average molecular weight is 657 g/mol. The van der Waals surface area contributed by atoms with E-state index in [2.05, 4.69) is 4.72 Å². The zero-order valence-corrected chi connectivity index (χ0v) is 27.1. The number of hydrogen-bond donors (Lipinski definition) is 3. The van der Waals surface area contributed by atoms with Crippen LogP contribution in [-0.4, -0.2) is 36.3 Å². The van der Waals surface area contributed by atoms with E-state index in [1.165, 1.54) is 17.0 Å². The molecule has 0 aromatic heterocycles. The van der Waals surface area contributed by atoms with Gasteiger partial charge < -0.3 is 15.1 Å². The second kappa shape index (κ2) is 13.2. The molecule has 8 nitrogen and oxygen atoms in total. The van der Waals surface area contributed by atoms with Crippen molar-refractivity contribution in [2.45, 2.75) is 33.7 Å². The number of carbonyl (C=O) groups excluding carboxylic acids is 1. The second-order valence-electron chi connectivity index (χ2n) is 11.3. The third-order valence-electron chi connectivity index (χ3n) is 7.98. The average Bonchev–Trinajstić information content (AvgIpc) is 3.00. The minimum Gasteiger partial charge on any atom is -0.507 e. The van der Waals surface area contributed by atoms with Crippen LogP contribution in [0.3, 0.4) is 0 Å². The summed E-state index contributed by atoms with van der Waals surface area (Å²) in [6.45, 7) is 5.62. The summed E-state index contributed by atoms with van der Waals surface area (Å²) in [5.41, 5.74) is 5.41. The van der Waals surface area contributed by atoms with Crippen molar-refractivity contribution < 1.29 is 28.2 Å². The molecule has 3 N–H and O–H groups in total. The maximum absolute atomic E-state index is 13.8. The number of nitrogens with one attached hydrogen (secondary N) is 1. The van der Waals surface area contributed by atoms with Gasteiger partial charge in [-0.2, -0.15) is 0 Å². The molecule has 0 radical (unpaired) electrons. The number of carboxylic acid groups (broad SMARTS) is 1. The number of aryl methyl sites for hydroxylation is 2. The van der Waals surface area contributed by atoms with Gasteiger partial charge in [-0.3, -0.25) is 9.52 Å². The molecule has 0 aliphatic carbocycles. The van der Waals surface area contributed by atoms with E-state index in [9.17, 15) is 28.2 Å². The molecule has 1 amide bonds. The number of sulfonamides is 1. The molecule has 46 heavy (non-hydrogen) atoms. The van der Waals surface area contributed by atoms with E-state index >= 15 is 0 Å². The van der Waals surface area contributed by atoms with Crippen molar-refractivity contribution in [1.29, 1.82) is 0 Å². The van der Waals surface area contributed by atoms with Crippen LogP contribution in [0.25, 0.3) is 10.8 Å². The van der Waals surface area contributed by atoms with Gasteiger partial charge in [0, 0.05) is 16.8 Å². The number of halogens is 1. The first-order valence-corrected chi connectivity index (χ1v) is 16.5. The van der Waals surface area contributed by atoms with Crippen LogP contribution in [0.1, 0.15) is 43.7 Å². The van der Waals surface area contributed by atoms with Crippen LogP contribution in [-0.2, 0) is 27.8 Å². The molecule has 0 fully saturated rings. The van der Waals surface area contributed by atoms with Crippen LogP contribution in [0.15, 0.2) is 91.0 Å². The number of carbonyl (C=O) groups is 2. The summed E-state index contributed by atoms with van der Waals surface area (Å²) in [6.07, 6.45) is 0.568. The number of phenols is 1. The minimum absolute atomic E-state index is 0.0150. The second-order valence-corrected chi connectivity index (χ2v) is 13.5. The summed E-state index contributed by atoms with van der Waals surface area (Å²) in [4.78, 5) is 26.5. The first-order valence-electron chi connectivity index (χ1n) is 14.5. The van der Waals surface area contributed by atoms with Gasteiger partial charge in [0.05, 0.1) is 12.2 Å². The van der Waals surface area contributed by atoms with Gasteiger partial charge in [-0.25, -0.2) is 13.2 Å². The maximum Gasteiger partial charge on any atom is 0.339 e. The SMILES string of the molecule is Cc1cc(C)c(NS(=O)(=O)CC(=O)N(Cc2ccc3ccccc3c2)c2ccc(C(=O)O)c(O)c2)c(C)c1Cc1ccc(Cl)cc1. The Hall–Kier alpha value is -4.86. The fraction of sp³-hybridized carbons (Fsp3) is 0.167. The Morgan fingerprint density at radius 3 is 2.17 bits per heavy atom. The van der Waals surface area contributed by atoms with E-state index in [1.807, 2.05) is 93.6 Å². The summed E-state index contributed by atoms with van der Waals surface area (Å²) < 4.78 is 29.8. The lowest BCUT2D eigenvalue weighted by atomic mass is 9.93. The zero-order valence-electron chi connectivity index (χ0n) is 25.5. The Kier molecular flexibility index (Phi) is 9.37. The van der Waals surface area contributed by atoms with E-state index in [1.54, 1.807) is 0 Å². The maximum atomic E-state index is 13.8. The standard InChI is InChI=1S/C36H33ClN2O6S/c1-22-16-23(2)35(24(3)32(22)18-25-9-12-29(37)13-10-25)38-46(44,45)21-34(41)39(30-14-15-31(36(42)43)33(40)19-30)20-26-8-11-27-6-4-5-7-28(27)17-26/h4-17,19,38,40H,18,20-21H2,1-3H3,(H,42,43). The third kappa shape index (κ3) is 7.33. The largest absolute Gasteiger partial charge is 0.507 e. The molecule has 0 heterocycles. The highest BCUT2D eigenvalue weighted by atomic mass is 35.5. The molecule has 0 aliphatic heterocycles. The van der Waals surface area contributed by atoms with E-state index in [-0.39, 0.29) is 17.8 Å². The van der Waals surface area contributed by atoms with Crippen molar-refractivity contribution in [2.24, 2.45) is 0 Å². The molecular weight excluding hydrogens is 624 g/mol. The van der Waals surface area contributed by atoms with Gasteiger partial charge in [0.15, 0.2) is 0 Å². The number of aromatic carboxylic acids is 1. The molecular formula is C36H33ClN2O6S. The monoisotopic (exact) mass is 656 g/mol. The summed E-state index contributed by atoms with van der Waals surface area (Å²) in [5, 5.41) is 22.3.